The van der Waals surface area contributed by atoms with Crippen molar-refractivity contribution in [2.24, 2.45) is 0 Å². The quantitative estimate of drug-likeness (QED) is 0.668. The summed E-state index contributed by atoms with van der Waals surface area (Å²) in [4.78, 5) is 16.3. The van der Waals surface area contributed by atoms with Crippen molar-refractivity contribution in [3.05, 3.63) is 76.8 Å². The first-order valence-electron chi connectivity index (χ1n) is 7.11. The number of anilines is 1. The van der Waals surface area contributed by atoms with Crippen LogP contribution in [0.15, 0.2) is 65.7 Å². The Bertz CT molecular complexity index is 891. The first-order chi connectivity index (χ1) is 11.8. The highest BCUT2D eigenvalue weighted by Gasteiger charge is 2.31. The summed E-state index contributed by atoms with van der Waals surface area (Å²) in [7, 11) is 0. The van der Waals surface area contributed by atoms with Crippen molar-refractivity contribution in [3.63, 3.8) is 0 Å². The van der Waals surface area contributed by atoms with E-state index < -0.39 is 17.6 Å². The van der Waals surface area contributed by atoms with Gasteiger partial charge in [-0.15, -0.1) is 0 Å². The number of nitrogens with zero attached hydrogens (tertiary/aromatic N) is 2. The fourth-order valence-electron chi connectivity index (χ4n) is 2.24. The van der Waals surface area contributed by atoms with Gasteiger partial charge in [-0.2, -0.15) is 13.2 Å². The highest BCUT2D eigenvalue weighted by Crippen LogP contribution is 2.33. The Morgan fingerprint density at radius 1 is 1.12 bits per heavy atom. The first-order valence-corrected chi connectivity index (χ1v) is 7.90. The number of halogens is 4. The number of amides is 1. The fraction of sp³-hybridized carbons (Fsp3) is 0.0588. The van der Waals surface area contributed by atoms with Gasteiger partial charge in [0.15, 0.2) is 0 Å². The number of nitrogens with one attached hydrogen (secondary N) is 1. The molecule has 0 saturated carbocycles. The Balaban J connectivity index is 2.00. The second kappa shape index (κ2) is 6.72. The standard InChI is InChI=1S/C17H11BrF3N3O/c18-13-4-1-11(2-5-13)16(25)23-14-9-12(17(19,20)21)3-6-15(14)24-8-7-22-10-24/h1-10H,(H,23,25). The Morgan fingerprint density at radius 3 is 2.44 bits per heavy atom. The molecule has 0 aliphatic heterocycles. The van der Waals surface area contributed by atoms with Gasteiger partial charge in [-0.25, -0.2) is 4.98 Å². The molecule has 0 atom stereocenters. The summed E-state index contributed by atoms with van der Waals surface area (Å²) in [6.45, 7) is 0. The molecule has 0 radical (unpaired) electrons. The summed E-state index contributed by atoms with van der Waals surface area (Å²) in [5.41, 5.74) is -0.0867. The zero-order valence-electron chi connectivity index (χ0n) is 12.6. The Morgan fingerprint density at radius 2 is 1.84 bits per heavy atom. The minimum absolute atomic E-state index is 0.0424. The van der Waals surface area contributed by atoms with Crippen LogP contribution in [0, 0.1) is 0 Å². The van der Waals surface area contributed by atoms with Crippen LogP contribution in [0.3, 0.4) is 0 Å². The topological polar surface area (TPSA) is 46.9 Å². The van der Waals surface area contributed by atoms with E-state index in [-0.39, 0.29) is 5.69 Å². The molecule has 0 aliphatic carbocycles. The lowest BCUT2D eigenvalue weighted by Gasteiger charge is -2.15. The number of hydrogen-bond acceptors (Lipinski definition) is 2. The molecule has 3 rings (SSSR count). The van der Waals surface area contributed by atoms with Crippen molar-refractivity contribution >= 4 is 27.5 Å². The number of carbonyl (C=O) groups is 1. The summed E-state index contributed by atoms with van der Waals surface area (Å²) in [6.07, 6.45) is 0.0122. The molecule has 4 nitrogen and oxygen atoms in total. The van der Waals surface area contributed by atoms with Gasteiger partial charge in [0.1, 0.15) is 0 Å². The molecule has 0 aliphatic rings. The van der Waals surface area contributed by atoms with Crippen LogP contribution in [-0.4, -0.2) is 15.5 Å². The normalized spacial score (nSPS) is 11.4. The summed E-state index contributed by atoms with van der Waals surface area (Å²) >= 11 is 3.26. The molecule has 25 heavy (non-hydrogen) atoms. The molecule has 8 heteroatoms. The second-order valence-corrected chi connectivity index (χ2v) is 6.08. The molecular formula is C17H11BrF3N3O. The Hall–Kier alpha value is -2.61. The zero-order chi connectivity index (χ0) is 18.0. The molecule has 0 unspecified atom stereocenters. The van der Waals surface area contributed by atoms with E-state index in [9.17, 15) is 18.0 Å². The number of aromatic nitrogens is 2. The summed E-state index contributed by atoms with van der Waals surface area (Å²) in [5, 5.41) is 2.54. The van der Waals surface area contributed by atoms with Crippen molar-refractivity contribution in [2.45, 2.75) is 6.18 Å². The predicted octanol–water partition coefficient (Wildman–Crippen LogP) is 4.91. The SMILES string of the molecule is O=C(Nc1cc(C(F)(F)F)ccc1-n1ccnc1)c1ccc(Br)cc1. The average molecular weight is 410 g/mol. The lowest BCUT2D eigenvalue weighted by molar-refractivity contribution is -0.137. The van der Waals surface area contributed by atoms with Gasteiger partial charge in [0.05, 0.1) is 23.3 Å². The van der Waals surface area contributed by atoms with Crippen LogP contribution in [0.25, 0.3) is 5.69 Å². The molecule has 0 saturated heterocycles. The minimum Gasteiger partial charge on any atom is -0.320 e. The summed E-state index contributed by atoms with van der Waals surface area (Å²) in [5.74, 6) is -0.506. The monoisotopic (exact) mass is 409 g/mol. The van der Waals surface area contributed by atoms with Gasteiger partial charge < -0.3 is 9.88 Å². The van der Waals surface area contributed by atoms with Gasteiger partial charge in [-0.3, -0.25) is 4.79 Å². The molecule has 1 N–H and O–H groups in total. The molecule has 1 aromatic heterocycles. The second-order valence-electron chi connectivity index (χ2n) is 5.16. The third-order valence-electron chi connectivity index (χ3n) is 3.46. The van der Waals surface area contributed by atoms with E-state index in [1.807, 2.05) is 0 Å². The van der Waals surface area contributed by atoms with Crippen molar-refractivity contribution in [1.82, 2.24) is 9.55 Å². The third-order valence-corrected chi connectivity index (χ3v) is 3.99. The maximum Gasteiger partial charge on any atom is 0.416 e. The lowest BCUT2D eigenvalue weighted by atomic mass is 10.1. The lowest BCUT2D eigenvalue weighted by Crippen LogP contribution is -2.15. The Labute approximate surface area is 149 Å². The van der Waals surface area contributed by atoms with Gasteiger partial charge in [0.25, 0.3) is 5.91 Å². The number of hydrogen-bond donors (Lipinski definition) is 1. The number of benzene rings is 2. The fourth-order valence-corrected chi connectivity index (χ4v) is 2.50. The first kappa shape index (κ1) is 17.2. The van der Waals surface area contributed by atoms with Gasteiger partial charge >= 0.3 is 6.18 Å². The molecule has 0 bridgehead atoms. The van der Waals surface area contributed by atoms with Crippen molar-refractivity contribution in [2.75, 3.05) is 5.32 Å². The summed E-state index contributed by atoms with van der Waals surface area (Å²) in [6, 6.07) is 9.67. The van der Waals surface area contributed by atoms with E-state index >= 15 is 0 Å². The maximum atomic E-state index is 13.0. The Kier molecular flexibility index (Phi) is 4.63. The zero-order valence-corrected chi connectivity index (χ0v) is 14.2. The van der Waals surface area contributed by atoms with Crippen LogP contribution in [-0.2, 0) is 6.18 Å². The third kappa shape index (κ3) is 3.90. The van der Waals surface area contributed by atoms with E-state index in [4.69, 9.17) is 0 Å². The van der Waals surface area contributed by atoms with Crippen LogP contribution in [0.5, 0.6) is 0 Å². The van der Waals surface area contributed by atoms with E-state index in [2.05, 4.69) is 26.2 Å². The van der Waals surface area contributed by atoms with Gasteiger partial charge in [-0.1, -0.05) is 15.9 Å². The van der Waals surface area contributed by atoms with E-state index in [1.165, 1.54) is 23.2 Å². The van der Waals surface area contributed by atoms with Gasteiger partial charge in [0, 0.05) is 22.4 Å². The molecule has 1 amide bonds. The molecule has 0 spiro atoms. The predicted molar refractivity (Wildman–Crippen MR) is 90.7 cm³/mol. The number of carbonyl (C=O) groups excluding carboxylic acids is 1. The van der Waals surface area contributed by atoms with Gasteiger partial charge in [-0.05, 0) is 42.5 Å². The van der Waals surface area contributed by atoms with Crippen molar-refractivity contribution in [3.8, 4) is 5.69 Å². The van der Waals surface area contributed by atoms with Crippen LogP contribution >= 0.6 is 15.9 Å². The largest absolute Gasteiger partial charge is 0.416 e. The van der Waals surface area contributed by atoms with Gasteiger partial charge in [0.2, 0.25) is 0 Å². The van der Waals surface area contributed by atoms with E-state index in [0.717, 1.165) is 16.6 Å². The number of alkyl halides is 3. The van der Waals surface area contributed by atoms with Crippen molar-refractivity contribution < 1.29 is 18.0 Å². The van der Waals surface area contributed by atoms with Crippen LogP contribution < -0.4 is 5.32 Å². The molecule has 0 fully saturated rings. The van der Waals surface area contributed by atoms with E-state index in [0.29, 0.717) is 11.3 Å². The molecule has 128 valence electrons. The summed E-state index contributed by atoms with van der Waals surface area (Å²) < 4.78 is 41.3. The minimum atomic E-state index is -4.51. The molecule has 2 aromatic carbocycles. The van der Waals surface area contributed by atoms with E-state index in [1.54, 1.807) is 30.5 Å². The molecular weight excluding hydrogens is 399 g/mol. The van der Waals surface area contributed by atoms with Crippen LogP contribution in [0.4, 0.5) is 18.9 Å². The highest BCUT2D eigenvalue weighted by molar-refractivity contribution is 9.10. The highest BCUT2D eigenvalue weighted by atomic mass is 79.9. The number of imidazole rings is 1. The van der Waals surface area contributed by atoms with Crippen LogP contribution in [0.1, 0.15) is 15.9 Å². The van der Waals surface area contributed by atoms with Crippen LogP contribution in [0.2, 0.25) is 0 Å². The average Bonchev–Trinajstić information content (AvgIpc) is 3.08. The maximum absolute atomic E-state index is 13.0. The van der Waals surface area contributed by atoms with Crippen molar-refractivity contribution in [1.29, 1.82) is 0 Å². The smallest absolute Gasteiger partial charge is 0.320 e. The number of rotatable bonds is 3. The molecule has 1 heterocycles. The molecule has 3 aromatic rings.